The molecule has 5 atom stereocenters. The molecule has 20 nitrogen and oxygen atoms in total. The number of carboxylic acids is 4. The summed E-state index contributed by atoms with van der Waals surface area (Å²) in [6, 6.07) is 63.3. The van der Waals surface area contributed by atoms with E-state index in [1.54, 1.807) is 33.2 Å². The van der Waals surface area contributed by atoms with Crippen molar-refractivity contribution in [1.82, 2.24) is 19.9 Å². The predicted octanol–water partition coefficient (Wildman–Crippen LogP) is 26.0. The number of fused-ring (bicyclic) bond motifs is 4. The van der Waals surface area contributed by atoms with Gasteiger partial charge < -0.3 is 58.3 Å². The molecule has 708 valence electrons. The highest BCUT2D eigenvalue weighted by Gasteiger charge is 2.42. The number of hydrogen-bond donors (Lipinski definition) is 4. The summed E-state index contributed by atoms with van der Waals surface area (Å²) in [4.78, 5) is 69.3. The molecule has 1 unspecified atom stereocenters. The number of carboxylic acid groups (broad SMARTS) is 4. The van der Waals surface area contributed by atoms with Crippen LogP contribution in [0.1, 0.15) is 173 Å². The van der Waals surface area contributed by atoms with Crippen molar-refractivity contribution in [2.45, 2.75) is 182 Å². The van der Waals surface area contributed by atoms with Gasteiger partial charge in [-0.25, -0.2) is 32.3 Å². The van der Waals surface area contributed by atoms with Crippen LogP contribution < -0.4 is 18.9 Å². The fourth-order valence-corrected chi connectivity index (χ4v) is 19.6. The van der Waals surface area contributed by atoms with Crippen molar-refractivity contribution in [3.05, 3.63) is 286 Å². The van der Waals surface area contributed by atoms with Crippen LogP contribution in [0.4, 0.5) is 13.2 Å². The van der Waals surface area contributed by atoms with E-state index in [4.69, 9.17) is 52.8 Å². The maximum atomic E-state index is 14.0. The summed E-state index contributed by atoms with van der Waals surface area (Å²) in [5.74, 6) is -1.33. The van der Waals surface area contributed by atoms with Gasteiger partial charge in [-0.3, -0.25) is 19.9 Å². The van der Waals surface area contributed by atoms with Gasteiger partial charge in [-0.2, -0.15) is 0 Å². The van der Waals surface area contributed by atoms with Crippen LogP contribution in [0.3, 0.4) is 0 Å². The van der Waals surface area contributed by atoms with Gasteiger partial charge in [0.25, 0.3) is 0 Å². The lowest BCUT2D eigenvalue weighted by Gasteiger charge is -2.31. The zero-order chi connectivity index (χ0) is 97.6. The minimum atomic E-state index is -1.88. The van der Waals surface area contributed by atoms with E-state index in [2.05, 4.69) is 17.1 Å². The highest BCUT2D eigenvalue weighted by Crippen LogP contribution is 2.52. The second-order valence-corrected chi connectivity index (χ2v) is 37.7. The van der Waals surface area contributed by atoms with Crippen molar-refractivity contribution in [2.24, 2.45) is 0 Å². The summed E-state index contributed by atoms with van der Waals surface area (Å²) < 4.78 is 89.3. The second-order valence-electron chi connectivity index (χ2n) is 37.7. The Bertz CT molecular complexity index is 7020. The maximum Gasteiger partial charge on any atom is 0.337 e. The highest BCUT2D eigenvalue weighted by atomic mass is 19.1. The zero-order valence-corrected chi connectivity index (χ0v) is 79.6. The molecule has 0 aliphatic carbocycles. The molecule has 0 amide bonds. The standard InChI is InChI=1S/C29H28FNO4.2C29H29NO4.C28H25F2NO4/c1-4-29(3,16-30)35-27(28(32)33)23-17(2)15-19-7-5-6-8-20(19)25(23)21-9-10-22-24-18(12-14-34-22)11-13-31-26(21)24;2*1-5-29(3,4)34-27(28(31)32)23-17(2)16-19-8-6-7-9-20(19)25(23)21-10-11-22-24-18(13-15-33-22)12-14-30-26(21)24;1-16-13-18-5-3-4-6-19(18)24(22(16)26(27(32)33)35-28(2,14-29)15-30)20-7-8-21-23-17(10-12-34-21)9-11-31-25(20)23/h5-11,13,15,27H,4,12,14,16H2,1-3H3,(H,32,33);2*6-12,14,16,27H,5,13,15H2,1-4H3,(H,31,32);3-9,11,13,26H,10,12,14-15H2,1-2H3,(H,32,33)/t27-,29?;2*27-;26-/m1100/s1. The molecule has 16 aromatic rings. The summed E-state index contributed by atoms with van der Waals surface area (Å²) >= 11 is 0. The number of aliphatic carboxylic acids is 4. The molecule has 20 rings (SSSR count). The van der Waals surface area contributed by atoms with Gasteiger partial charge in [0.05, 0.1) is 65.3 Å². The fraction of sp³-hybridized carbons (Fsp3) is 0.304. The molecule has 138 heavy (non-hydrogen) atoms. The predicted molar refractivity (Wildman–Crippen MR) is 534 cm³/mol. The number of hydrogen-bond acceptors (Lipinski definition) is 16. The fourth-order valence-electron chi connectivity index (χ4n) is 19.6. The monoisotopic (exact) mass is 1860 g/mol. The van der Waals surface area contributed by atoms with Gasteiger partial charge in [-0.1, -0.05) is 142 Å². The largest absolute Gasteiger partial charge is 0.493 e. The van der Waals surface area contributed by atoms with E-state index >= 15 is 0 Å². The SMILES string of the molecule is CCC(C)(C)O[C@@H](C(=O)O)c1c(C)cc2ccccc2c1-c1ccc2c3c(ccnc13)CCO2.CCC(C)(C)O[C@H](C(=O)O)c1c(C)cc2ccccc2c1-c1ccc2c3c(ccnc13)CCO2.CCC(C)(CF)O[C@@H](C(=O)O)c1c(C)cc2ccccc2c1-c1ccc2c3c(ccnc13)CCO2.Cc1cc2ccccc2c(-c2ccc3c4c(ccnc24)CCO3)c1[C@H](OC(C)(CF)CF)C(=O)O. The second kappa shape index (κ2) is 39.3. The van der Waals surface area contributed by atoms with Crippen molar-refractivity contribution < 1.29 is 90.7 Å². The lowest BCUT2D eigenvalue weighted by Crippen LogP contribution is -2.38. The van der Waals surface area contributed by atoms with Crippen LogP contribution in [0.25, 0.3) is 131 Å². The lowest BCUT2D eigenvalue weighted by molar-refractivity contribution is -0.168. The summed E-state index contributed by atoms with van der Waals surface area (Å²) in [7, 11) is 0. The van der Waals surface area contributed by atoms with Crippen LogP contribution in [0.2, 0.25) is 0 Å². The molecular weight excluding hydrogens is 1750 g/mol. The van der Waals surface area contributed by atoms with E-state index in [1.165, 1.54) is 18.1 Å². The third-order valence-corrected chi connectivity index (χ3v) is 27.5. The van der Waals surface area contributed by atoms with Crippen LogP contribution in [0.5, 0.6) is 23.0 Å². The molecule has 4 aliphatic heterocycles. The summed E-state index contributed by atoms with van der Waals surface area (Å²) in [6.07, 6.45) is 6.92. The van der Waals surface area contributed by atoms with Gasteiger partial charge in [-0.15, -0.1) is 0 Å². The summed E-state index contributed by atoms with van der Waals surface area (Å²) in [5.41, 5.74) is 15.2. The number of aryl methyl sites for hydroxylation is 4. The van der Waals surface area contributed by atoms with Crippen LogP contribution in [-0.2, 0) is 63.8 Å². The van der Waals surface area contributed by atoms with Gasteiger partial charge in [0.15, 0.2) is 24.4 Å². The molecule has 0 bridgehead atoms. The summed E-state index contributed by atoms with van der Waals surface area (Å²) in [6.45, 7) is 23.3. The Morgan fingerprint density at radius 3 is 0.783 bits per heavy atom. The van der Waals surface area contributed by atoms with E-state index in [9.17, 15) is 52.8 Å². The van der Waals surface area contributed by atoms with Crippen LogP contribution in [0, 0.1) is 27.7 Å². The molecule has 0 saturated heterocycles. The van der Waals surface area contributed by atoms with E-state index < -0.39 is 90.7 Å². The van der Waals surface area contributed by atoms with Crippen LogP contribution in [0.15, 0.2) is 219 Å². The molecule has 23 heteroatoms. The van der Waals surface area contributed by atoms with Crippen molar-refractivity contribution in [3.63, 3.8) is 0 Å². The van der Waals surface area contributed by atoms with Gasteiger partial charge in [0, 0.05) is 117 Å². The van der Waals surface area contributed by atoms with E-state index in [-0.39, 0.29) is 0 Å². The number of benzene rings is 12. The van der Waals surface area contributed by atoms with Gasteiger partial charge >= 0.3 is 23.9 Å². The Kier molecular flexibility index (Phi) is 27.2. The van der Waals surface area contributed by atoms with E-state index in [1.807, 2.05) is 257 Å². The average molecular weight is 1860 g/mol. The zero-order valence-electron chi connectivity index (χ0n) is 79.6. The first kappa shape index (κ1) is 95.7. The van der Waals surface area contributed by atoms with Crippen molar-refractivity contribution in [1.29, 1.82) is 0 Å². The number of pyridine rings is 4. The number of alkyl halides is 3. The maximum absolute atomic E-state index is 14.0. The molecule has 4 aliphatic rings. The number of ether oxygens (including phenoxy) is 8. The van der Waals surface area contributed by atoms with Gasteiger partial charge in [-0.05, 0) is 271 Å². The van der Waals surface area contributed by atoms with E-state index in [0.717, 1.165) is 191 Å². The van der Waals surface area contributed by atoms with Gasteiger partial charge in [0.1, 0.15) is 48.6 Å². The van der Waals surface area contributed by atoms with Gasteiger partial charge in [0.2, 0.25) is 0 Å². The molecule has 4 N–H and O–H groups in total. The highest BCUT2D eigenvalue weighted by molar-refractivity contribution is 6.14. The van der Waals surface area contributed by atoms with Crippen LogP contribution >= 0.6 is 0 Å². The van der Waals surface area contributed by atoms with Crippen molar-refractivity contribution >= 4 is 111 Å². The summed E-state index contributed by atoms with van der Waals surface area (Å²) in [5, 5.41) is 52.7. The Labute approximate surface area is 798 Å². The molecule has 8 heterocycles. The first-order valence-electron chi connectivity index (χ1n) is 46.9. The molecule has 4 aromatic heterocycles. The Morgan fingerprint density at radius 1 is 0.326 bits per heavy atom. The minimum Gasteiger partial charge on any atom is -0.493 e. The third kappa shape index (κ3) is 18.4. The first-order chi connectivity index (χ1) is 66.3. The Morgan fingerprint density at radius 2 is 0.558 bits per heavy atom. The lowest BCUT2D eigenvalue weighted by atomic mass is 9.85. The minimum absolute atomic E-state index is 0.342. The first-order valence-corrected chi connectivity index (χ1v) is 46.9. The molecule has 0 radical (unpaired) electrons. The number of aromatic nitrogens is 4. The average Bonchev–Trinajstić information content (AvgIpc) is 0.743. The van der Waals surface area contributed by atoms with Crippen LogP contribution in [-0.4, -0.2) is 133 Å². The van der Waals surface area contributed by atoms with Crippen molar-refractivity contribution in [2.75, 3.05) is 46.5 Å². The molecular formula is C115H111F3N4O16. The quantitative estimate of drug-likeness (QED) is 0.0392. The number of nitrogens with zero attached hydrogens (tertiary/aromatic N) is 4. The van der Waals surface area contributed by atoms with Crippen molar-refractivity contribution in [3.8, 4) is 67.5 Å². The third-order valence-electron chi connectivity index (χ3n) is 27.5. The number of halogens is 3. The molecule has 0 fully saturated rings. The van der Waals surface area contributed by atoms with E-state index in [0.29, 0.717) is 90.2 Å². The molecule has 0 saturated carbocycles. The Balaban J connectivity index is 0.000000127. The normalized spacial score (nSPS) is 14.6. The molecule has 12 aromatic carbocycles. The number of carbonyl (C=O) groups is 4. The smallest absolute Gasteiger partial charge is 0.337 e. The number of rotatable bonds is 26. The molecule has 0 spiro atoms. The Hall–Kier alpha value is -14.0. The topological polar surface area (TPSA) is 275 Å².